The van der Waals surface area contributed by atoms with E-state index in [0.29, 0.717) is 24.1 Å². The Morgan fingerprint density at radius 3 is 2.64 bits per heavy atom. The average Bonchev–Trinajstić information content (AvgIpc) is 2.97. The first kappa shape index (κ1) is 15.9. The Kier molecular flexibility index (Phi) is 5.46. The summed E-state index contributed by atoms with van der Waals surface area (Å²) in [5.41, 5.74) is 2.71. The van der Waals surface area contributed by atoms with E-state index in [4.69, 9.17) is 4.42 Å². The van der Waals surface area contributed by atoms with Crippen LogP contribution in [0.4, 0.5) is 8.78 Å². The van der Waals surface area contributed by atoms with Crippen molar-refractivity contribution >= 4 is 5.96 Å². The lowest BCUT2D eigenvalue weighted by atomic mass is 10.1. The summed E-state index contributed by atoms with van der Waals surface area (Å²) >= 11 is 0. The molecule has 0 radical (unpaired) electrons. The highest BCUT2D eigenvalue weighted by Gasteiger charge is 2.08. The van der Waals surface area contributed by atoms with Crippen LogP contribution in [0.25, 0.3) is 11.5 Å². The highest BCUT2D eigenvalue weighted by atomic mass is 19.3. The summed E-state index contributed by atoms with van der Waals surface area (Å²) in [6.07, 6.45) is -0.901. The van der Waals surface area contributed by atoms with Crippen LogP contribution in [-0.2, 0) is 6.54 Å². The Labute approximate surface area is 127 Å². The van der Waals surface area contributed by atoms with Crippen LogP contribution in [0.15, 0.2) is 39.9 Å². The molecular weight excluding hydrogens is 290 g/mol. The first-order chi connectivity index (χ1) is 10.6. The van der Waals surface area contributed by atoms with Crippen molar-refractivity contribution < 1.29 is 13.2 Å². The monoisotopic (exact) mass is 308 g/mol. The van der Waals surface area contributed by atoms with Crippen LogP contribution < -0.4 is 10.6 Å². The number of alkyl halides is 2. The number of oxazole rings is 1. The zero-order chi connectivity index (χ0) is 15.9. The number of rotatable bonds is 5. The molecule has 1 aromatic carbocycles. The third-order valence-electron chi connectivity index (χ3n) is 2.93. The normalized spacial score (nSPS) is 11.8. The summed E-state index contributed by atoms with van der Waals surface area (Å²) in [5.74, 6) is 0.813. The Balaban J connectivity index is 1.93. The molecular formula is C15H18F2N4O. The van der Waals surface area contributed by atoms with E-state index in [1.807, 2.05) is 31.2 Å². The predicted molar refractivity (Wildman–Crippen MR) is 80.9 cm³/mol. The third kappa shape index (κ3) is 4.54. The molecule has 118 valence electrons. The van der Waals surface area contributed by atoms with Gasteiger partial charge in [-0.15, -0.1) is 0 Å². The van der Waals surface area contributed by atoms with Gasteiger partial charge in [0, 0.05) is 12.6 Å². The molecule has 0 unspecified atom stereocenters. The van der Waals surface area contributed by atoms with E-state index in [2.05, 4.69) is 20.6 Å². The molecule has 1 heterocycles. The maximum Gasteiger partial charge on any atom is 0.255 e. The molecule has 0 bridgehead atoms. The van der Waals surface area contributed by atoms with Gasteiger partial charge in [0.2, 0.25) is 5.89 Å². The molecule has 2 N–H and O–H groups in total. The van der Waals surface area contributed by atoms with E-state index in [0.717, 1.165) is 11.1 Å². The quantitative estimate of drug-likeness (QED) is 0.658. The van der Waals surface area contributed by atoms with Gasteiger partial charge in [-0.2, -0.15) is 0 Å². The van der Waals surface area contributed by atoms with Crippen molar-refractivity contribution in [3.63, 3.8) is 0 Å². The topological polar surface area (TPSA) is 62.5 Å². The highest BCUT2D eigenvalue weighted by molar-refractivity contribution is 5.79. The number of hydrogen-bond acceptors (Lipinski definition) is 3. The second kappa shape index (κ2) is 7.53. The SMILES string of the molecule is CN=C(NCc1coc(-c2ccc(C)cc2)n1)NCC(F)F. The molecule has 0 aliphatic carbocycles. The second-order valence-corrected chi connectivity index (χ2v) is 4.71. The minimum Gasteiger partial charge on any atom is -0.444 e. The van der Waals surface area contributed by atoms with Crippen molar-refractivity contribution in [2.24, 2.45) is 4.99 Å². The number of hydrogen-bond donors (Lipinski definition) is 2. The Morgan fingerprint density at radius 2 is 2.00 bits per heavy atom. The molecule has 0 aliphatic heterocycles. The third-order valence-corrected chi connectivity index (χ3v) is 2.93. The molecule has 0 amide bonds. The zero-order valence-corrected chi connectivity index (χ0v) is 12.4. The smallest absolute Gasteiger partial charge is 0.255 e. The van der Waals surface area contributed by atoms with Gasteiger partial charge in [0.1, 0.15) is 6.26 Å². The van der Waals surface area contributed by atoms with Crippen LogP contribution in [0.5, 0.6) is 0 Å². The molecule has 22 heavy (non-hydrogen) atoms. The molecule has 0 saturated heterocycles. The average molecular weight is 308 g/mol. The van der Waals surface area contributed by atoms with Crippen molar-refractivity contribution in [3.8, 4) is 11.5 Å². The van der Waals surface area contributed by atoms with Gasteiger partial charge in [-0.25, -0.2) is 13.8 Å². The molecule has 5 nitrogen and oxygen atoms in total. The Bertz CT molecular complexity index is 623. The molecule has 0 fully saturated rings. The molecule has 0 aliphatic rings. The van der Waals surface area contributed by atoms with E-state index in [9.17, 15) is 8.78 Å². The van der Waals surface area contributed by atoms with Crippen molar-refractivity contribution in [1.29, 1.82) is 0 Å². The van der Waals surface area contributed by atoms with E-state index in [1.54, 1.807) is 0 Å². The van der Waals surface area contributed by atoms with E-state index < -0.39 is 13.0 Å². The van der Waals surface area contributed by atoms with Crippen LogP contribution in [0, 0.1) is 6.92 Å². The molecule has 0 saturated carbocycles. The molecule has 7 heteroatoms. The fourth-order valence-corrected chi connectivity index (χ4v) is 1.79. The number of aromatic nitrogens is 1. The lowest BCUT2D eigenvalue weighted by molar-refractivity contribution is 0.152. The molecule has 1 aromatic heterocycles. The van der Waals surface area contributed by atoms with Gasteiger partial charge in [0.15, 0.2) is 5.96 Å². The van der Waals surface area contributed by atoms with E-state index >= 15 is 0 Å². The van der Waals surface area contributed by atoms with Crippen LogP contribution in [0.3, 0.4) is 0 Å². The first-order valence-corrected chi connectivity index (χ1v) is 6.82. The summed E-state index contributed by atoms with van der Waals surface area (Å²) < 4.78 is 29.7. The minimum atomic E-state index is -2.43. The summed E-state index contributed by atoms with van der Waals surface area (Å²) in [6.45, 7) is 1.89. The summed E-state index contributed by atoms with van der Waals surface area (Å²) in [7, 11) is 1.52. The lowest BCUT2D eigenvalue weighted by Crippen LogP contribution is -2.39. The van der Waals surface area contributed by atoms with Gasteiger partial charge in [0.25, 0.3) is 6.43 Å². The Morgan fingerprint density at radius 1 is 1.27 bits per heavy atom. The zero-order valence-electron chi connectivity index (χ0n) is 12.4. The van der Waals surface area contributed by atoms with Crippen LogP contribution in [0.1, 0.15) is 11.3 Å². The molecule has 2 aromatic rings. The fourth-order valence-electron chi connectivity index (χ4n) is 1.79. The van der Waals surface area contributed by atoms with Gasteiger partial charge < -0.3 is 15.1 Å². The van der Waals surface area contributed by atoms with Gasteiger partial charge in [0.05, 0.1) is 18.8 Å². The summed E-state index contributed by atoms with van der Waals surface area (Å²) in [5, 5.41) is 5.41. The highest BCUT2D eigenvalue weighted by Crippen LogP contribution is 2.18. The number of benzene rings is 1. The number of halogens is 2. The second-order valence-electron chi connectivity index (χ2n) is 4.71. The Hall–Kier alpha value is -2.44. The van der Waals surface area contributed by atoms with Gasteiger partial charge >= 0.3 is 0 Å². The standard InChI is InChI=1S/C15H18F2N4O/c1-10-3-5-11(6-4-10)14-21-12(9-22-14)7-19-15(18-2)20-8-13(16)17/h3-6,9,13H,7-8H2,1-2H3,(H2,18,19,20). The maximum atomic E-state index is 12.1. The van der Waals surface area contributed by atoms with Gasteiger partial charge in [-0.3, -0.25) is 4.99 Å². The van der Waals surface area contributed by atoms with Gasteiger partial charge in [-0.05, 0) is 19.1 Å². The van der Waals surface area contributed by atoms with Gasteiger partial charge in [-0.1, -0.05) is 17.7 Å². The van der Waals surface area contributed by atoms with Crippen LogP contribution in [0.2, 0.25) is 0 Å². The molecule has 0 spiro atoms. The number of nitrogens with one attached hydrogen (secondary N) is 2. The predicted octanol–water partition coefficient (Wildman–Crippen LogP) is 2.58. The summed E-state index contributed by atoms with van der Waals surface area (Å²) in [6, 6.07) is 7.82. The number of nitrogens with zero attached hydrogens (tertiary/aromatic N) is 2. The molecule has 0 atom stereocenters. The van der Waals surface area contributed by atoms with E-state index in [1.165, 1.54) is 13.3 Å². The number of aliphatic imine (C=N–C) groups is 1. The largest absolute Gasteiger partial charge is 0.444 e. The van der Waals surface area contributed by atoms with Crippen molar-refractivity contribution in [2.45, 2.75) is 19.9 Å². The maximum absolute atomic E-state index is 12.1. The van der Waals surface area contributed by atoms with Crippen molar-refractivity contribution in [1.82, 2.24) is 15.6 Å². The lowest BCUT2D eigenvalue weighted by Gasteiger charge is -2.09. The van der Waals surface area contributed by atoms with Crippen molar-refractivity contribution in [2.75, 3.05) is 13.6 Å². The number of guanidine groups is 1. The van der Waals surface area contributed by atoms with E-state index in [-0.39, 0.29) is 0 Å². The van der Waals surface area contributed by atoms with Crippen molar-refractivity contribution in [3.05, 3.63) is 41.8 Å². The first-order valence-electron chi connectivity index (χ1n) is 6.82. The summed E-state index contributed by atoms with van der Waals surface area (Å²) in [4.78, 5) is 8.20. The fraction of sp³-hybridized carbons (Fsp3) is 0.333. The van der Waals surface area contributed by atoms with Crippen LogP contribution in [-0.4, -0.2) is 31.0 Å². The minimum absolute atomic E-state index is 0.292. The van der Waals surface area contributed by atoms with Crippen LogP contribution >= 0.6 is 0 Å². The molecule has 2 rings (SSSR count). The number of aryl methyl sites for hydroxylation is 1.